The van der Waals surface area contributed by atoms with Crippen LogP contribution in [0.3, 0.4) is 0 Å². The fraction of sp³-hybridized carbons (Fsp3) is 0.625. The molecule has 3 rings (SSSR count). The van der Waals surface area contributed by atoms with Gasteiger partial charge in [0.15, 0.2) is 0 Å². The summed E-state index contributed by atoms with van der Waals surface area (Å²) in [6.07, 6.45) is 1.33. The van der Waals surface area contributed by atoms with E-state index in [9.17, 15) is 0 Å². The van der Waals surface area contributed by atoms with Crippen LogP contribution < -0.4 is 5.32 Å². The monoisotopic (exact) mass is 259 g/mol. The minimum atomic E-state index is 0.793. The third kappa shape index (κ3) is 3.35. The molecule has 2 aliphatic heterocycles. The zero-order valence-electron chi connectivity index (χ0n) is 11.9. The Morgan fingerprint density at radius 1 is 1.21 bits per heavy atom. The van der Waals surface area contributed by atoms with Gasteiger partial charge >= 0.3 is 0 Å². The van der Waals surface area contributed by atoms with Gasteiger partial charge in [-0.2, -0.15) is 0 Å². The van der Waals surface area contributed by atoms with Crippen LogP contribution in [0.5, 0.6) is 0 Å². The summed E-state index contributed by atoms with van der Waals surface area (Å²) in [6.45, 7) is 10.6. The molecule has 2 saturated heterocycles. The second kappa shape index (κ2) is 6.04. The summed E-state index contributed by atoms with van der Waals surface area (Å²) in [5.41, 5.74) is 2.82. The molecule has 1 aromatic carbocycles. The lowest BCUT2D eigenvalue weighted by atomic mass is 10.1. The molecule has 1 unspecified atom stereocenters. The van der Waals surface area contributed by atoms with E-state index in [4.69, 9.17) is 0 Å². The number of hydrogen-bond donors (Lipinski definition) is 1. The Bertz CT molecular complexity index is 404. The molecule has 0 bridgehead atoms. The second-order valence-corrected chi connectivity index (χ2v) is 5.95. The molecule has 1 atom stereocenters. The highest BCUT2D eigenvalue weighted by atomic mass is 15.3. The van der Waals surface area contributed by atoms with Crippen molar-refractivity contribution in [1.82, 2.24) is 15.1 Å². The van der Waals surface area contributed by atoms with Gasteiger partial charge in [-0.15, -0.1) is 0 Å². The molecular weight excluding hydrogens is 234 g/mol. The number of nitrogens with zero attached hydrogens (tertiary/aromatic N) is 2. The van der Waals surface area contributed by atoms with E-state index in [2.05, 4.69) is 46.3 Å². The normalized spacial score (nSPS) is 25.8. The Kier molecular flexibility index (Phi) is 4.16. The van der Waals surface area contributed by atoms with Crippen LogP contribution in [0.15, 0.2) is 24.3 Å². The Balaban J connectivity index is 1.50. The number of benzene rings is 1. The second-order valence-electron chi connectivity index (χ2n) is 5.95. The maximum absolute atomic E-state index is 3.47. The van der Waals surface area contributed by atoms with Crippen LogP contribution in [-0.4, -0.2) is 55.1 Å². The number of aryl methyl sites for hydroxylation is 1. The Morgan fingerprint density at radius 3 is 2.74 bits per heavy atom. The van der Waals surface area contributed by atoms with E-state index >= 15 is 0 Å². The Hall–Kier alpha value is -0.900. The van der Waals surface area contributed by atoms with Crippen molar-refractivity contribution in [3.05, 3.63) is 35.4 Å². The van der Waals surface area contributed by atoms with Gasteiger partial charge in [-0.25, -0.2) is 0 Å². The summed E-state index contributed by atoms with van der Waals surface area (Å²) in [5.74, 6) is 0. The van der Waals surface area contributed by atoms with Crippen molar-refractivity contribution < 1.29 is 0 Å². The fourth-order valence-electron chi connectivity index (χ4n) is 3.31. The highest BCUT2D eigenvalue weighted by molar-refractivity contribution is 5.22. The summed E-state index contributed by atoms with van der Waals surface area (Å²) >= 11 is 0. The van der Waals surface area contributed by atoms with Gasteiger partial charge in [0.2, 0.25) is 0 Å². The van der Waals surface area contributed by atoms with Crippen molar-refractivity contribution >= 4 is 0 Å². The van der Waals surface area contributed by atoms with Gasteiger partial charge in [-0.05, 0) is 25.5 Å². The third-order valence-corrected chi connectivity index (χ3v) is 4.45. The van der Waals surface area contributed by atoms with Crippen LogP contribution in [-0.2, 0) is 6.54 Å². The summed E-state index contributed by atoms with van der Waals surface area (Å²) in [4.78, 5) is 5.26. The maximum atomic E-state index is 3.47. The number of piperazine rings is 1. The van der Waals surface area contributed by atoms with E-state index in [1.54, 1.807) is 0 Å². The topological polar surface area (TPSA) is 18.5 Å². The largest absolute Gasteiger partial charge is 0.315 e. The summed E-state index contributed by atoms with van der Waals surface area (Å²) in [7, 11) is 0. The van der Waals surface area contributed by atoms with Gasteiger partial charge in [-0.1, -0.05) is 29.8 Å². The molecule has 2 heterocycles. The lowest BCUT2D eigenvalue weighted by Crippen LogP contribution is -2.50. The smallest absolute Gasteiger partial charge is 0.0234 e. The molecule has 19 heavy (non-hydrogen) atoms. The van der Waals surface area contributed by atoms with E-state index in [1.807, 2.05) is 0 Å². The predicted molar refractivity (Wildman–Crippen MR) is 79.3 cm³/mol. The van der Waals surface area contributed by atoms with E-state index in [1.165, 1.54) is 56.8 Å². The zero-order valence-corrected chi connectivity index (χ0v) is 11.9. The SMILES string of the molecule is Cc1cccc(CN2CCN(C3CCNC3)CC2)c1. The first-order valence-electron chi connectivity index (χ1n) is 7.54. The predicted octanol–water partition coefficient (Wildman–Crippen LogP) is 1.47. The molecular formula is C16H25N3. The summed E-state index contributed by atoms with van der Waals surface area (Å²) in [6, 6.07) is 9.70. The number of nitrogens with one attached hydrogen (secondary N) is 1. The van der Waals surface area contributed by atoms with Crippen LogP contribution in [0.25, 0.3) is 0 Å². The highest BCUT2D eigenvalue weighted by Gasteiger charge is 2.25. The van der Waals surface area contributed by atoms with E-state index in [0.717, 1.165) is 12.6 Å². The molecule has 2 fully saturated rings. The van der Waals surface area contributed by atoms with Crippen LogP contribution in [0.2, 0.25) is 0 Å². The minimum absolute atomic E-state index is 0.793. The van der Waals surface area contributed by atoms with Crippen molar-refractivity contribution in [2.24, 2.45) is 0 Å². The van der Waals surface area contributed by atoms with Crippen molar-refractivity contribution in [3.8, 4) is 0 Å². The van der Waals surface area contributed by atoms with E-state index in [0.29, 0.717) is 0 Å². The molecule has 0 radical (unpaired) electrons. The molecule has 0 amide bonds. The van der Waals surface area contributed by atoms with Gasteiger partial charge < -0.3 is 5.32 Å². The first kappa shape index (κ1) is 13.1. The van der Waals surface area contributed by atoms with Gasteiger partial charge in [0.25, 0.3) is 0 Å². The summed E-state index contributed by atoms with van der Waals surface area (Å²) < 4.78 is 0. The van der Waals surface area contributed by atoms with Gasteiger partial charge in [-0.3, -0.25) is 9.80 Å². The fourth-order valence-corrected chi connectivity index (χ4v) is 3.31. The first-order chi connectivity index (χ1) is 9.31. The molecule has 2 aliphatic rings. The molecule has 1 aromatic rings. The van der Waals surface area contributed by atoms with Crippen molar-refractivity contribution in [2.75, 3.05) is 39.3 Å². The molecule has 0 spiro atoms. The average molecular weight is 259 g/mol. The zero-order chi connectivity index (χ0) is 13.1. The molecule has 0 aliphatic carbocycles. The van der Waals surface area contributed by atoms with Crippen LogP contribution in [0.1, 0.15) is 17.5 Å². The van der Waals surface area contributed by atoms with Crippen molar-refractivity contribution in [2.45, 2.75) is 25.9 Å². The Morgan fingerprint density at radius 2 is 2.05 bits per heavy atom. The minimum Gasteiger partial charge on any atom is -0.315 e. The first-order valence-corrected chi connectivity index (χ1v) is 7.54. The number of hydrogen-bond acceptors (Lipinski definition) is 3. The molecule has 1 N–H and O–H groups in total. The average Bonchev–Trinajstić information content (AvgIpc) is 2.94. The molecule has 104 valence electrons. The highest BCUT2D eigenvalue weighted by Crippen LogP contribution is 2.14. The molecule has 0 aromatic heterocycles. The number of rotatable bonds is 3. The summed E-state index contributed by atoms with van der Waals surface area (Å²) in [5, 5.41) is 3.47. The Labute approximate surface area is 116 Å². The maximum Gasteiger partial charge on any atom is 0.0234 e. The van der Waals surface area contributed by atoms with Gasteiger partial charge in [0.05, 0.1) is 0 Å². The van der Waals surface area contributed by atoms with Gasteiger partial charge in [0, 0.05) is 45.3 Å². The molecule has 0 saturated carbocycles. The molecule has 3 nitrogen and oxygen atoms in total. The van der Waals surface area contributed by atoms with Gasteiger partial charge in [0.1, 0.15) is 0 Å². The standard InChI is InChI=1S/C16H25N3/c1-14-3-2-4-15(11-14)13-18-7-9-19(10-8-18)16-5-6-17-12-16/h2-4,11,16-17H,5-10,12-13H2,1H3. The lowest BCUT2D eigenvalue weighted by Gasteiger charge is -2.37. The molecule has 3 heteroatoms. The van der Waals surface area contributed by atoms with Crippen LogP contribution in [0, 0.1) is 6.92 Å². The van der Waals surface area contributed by atoms with Crippen LogP contribution >= 0.6 is 0 Å². The third-order valence-electron chi connectivity index (χ3n) is 4.45. The quantitative estimate of drug-likeness (QED) is 0.887. The van der Waals surface area contributed by atoms with E-state index in [-0.39, 0.29) is 0 Å². The lowest BCUT2D eigenvalue weighted by molar-refractivity contribution is 0.0981. The van der Waals surface area contributed by atoms with Crippen molar-refractivity contribution in [3.63, 3.8) is 0 Å². The van der Waals surface area contributed by atoms with E-state index < -0.39 is 0 Å². The van der Waals surface area contributed by atoms with Crippen molar-refractivity contribution in [1.29, 1.82) is 0 Å². The van der Waals surface area contributed by atoms with Crippen LogP contribution in [0.4, 0.5) is 0 Å².